The van der Waals surface area contributed by atoms with Gasteiger partial charge in [-0.25, -0.2) is 4.79 Å². The van der Waals surface area contributed by atoms with Crippen LogP contribution in [0.2, 0.25) is 0 Å². The second-order valence-corrected chi connectivity index (χ2v) is 12.6. The number of pyridine rings is 2. The van der Waals surface area contributed by atoms with Gasteiger partial charge in [-0.3, -0.25) is 9.97 Å². The fourth-order valence-electron chi connectivity index (χ4n) is 4.98. The van der Waals surface area contributed by atoms with Gasteiger partial charge in [-0.1, -0.05) is 32.0 Å². The molecule has 0 aliphatic carbocycles. The maximum absolute atomic E-state index is 12.6. The molecule has 0 radical (unpaired) electrons. The molecule has 2 atom stereocenters. The number of ether oxygens (including phenoxy) is 3. The van der Waals surface area contributed by atoms with Crippen LogP contribution in [0.5, 0.6) is 11.5 Å². The van der Waals surface area contributed by atoms with E-state index >= 15 is 0 Å². The number of carboxylic acids is 1. The number of aliphatic carboxylic acids is 1. The van der Waals surface area contributed by atoms with Crippen molar-refractivity contribution in [3.63, 3.8) is 0 Å². The summed E-state index contributed by atoms with van der Waals surface area (Å²) in [7, 11) is 0. The van der Waals surface area contributed by atoms with Gasteiger partial charge in [0.15, 0.2) is 6.10 Å². The second kappa shape index (κ2) is 12.5. The van der Waals surface area contributed by atoms with Crippen molar-refractivity contribution >= 4 is 11.7 Å². The van der Waals surface area contributed by atoms with Gasteiger partial charge in [-0.15, -0.1) is 0 Å². The number of piperidine rings is 1. The third-order valence-corrected chi connectivity index (χ3v) is 7.26. The summed E-state index contributed by atoms with van der Waals surface area (Å²) < 4.78 is 18.0. The summed E-state index contributed by atoms with van der Waals surface area (Å²) in [4.78, 5) is 24.2. The number of aryl methyl sites for hydroxylation is 1. The van der Waals surface area contributed by atoms with E-state index in [1.54, 1.807) is 12.4 Å². The summed E-state index contributed by atoms with van der Waals surface area (Å²) in [6.45, 7) is 15.9. The van der Waals surface area contributed by atoms with Crippen LogP contribution in [-0.2, 0) is 9.53 Å². The average Bonchev–Trinajstić information content (AvgIpc) is 2.91. The Morgan fingerprint density at radius 3 is 2.29 bits per heavy atom. The van der Waals surface area contributed by atoms with Gasteiger partial charge in [0.05, 0.1) is 23.2 Å². The molecule has 1 fully saturated rings. The number of carbonyl (C=O) groups is 1. The highest BCUT2D eigenvalue weighted by Crippen LogP contribution is 2.43. The highest BCUT2D eigenvalue weighted by molar-refractivity contribution is 5.85. The minimum atomic E-state index is -1.17. The van der Waals surface area contributed by atoms with Crippen molar-refractivity contribution < 1.29 is 24.1 Å². The number of hydrogen-bond donors (Lipinski definition) is 1. The lowest BCUT2D eigenvalue weighted by atomic mass is 9.82. The number of aromatic nitrogens is 2. The Bertz CT molecular complexity index is 1310. The van der Waals surface area contributed by atoms with E-state index in [-0.39, 0.29) is 11.5 Å². The van der Waals surface area contributed by atoms with Crippen molar-refractivity contribution in [3.05, 3.63) is 66.1 Å². The van der Waals surface area contributed by atoms with Gasteiger partial charge in [0.25, 0.3) is 0 Å². The normalized spacial score (nSPS) is 16.6. The molecule has 0 unspecified atom stereocenters. The molecule has 1 aliphatic rings. The maximum atomic E-state index is 12.6. The van der Waals surface area contributed by atoms with Crippen molar-refractivity contribution in [1.82, 2.24) is 9.97 Å². The highest BCUT2D eigenvalue weighted by atomic mass is 16.5. The van der Waals surface area contributed by atoms with Gasteiger partial charge in [0, 0.05) is 36.1 Å². The number of para-hydroxylation sites is 1. The fourth-order valence-corrected chi connectivity index (χ4v) is 4.98. The number of nitrogens with zero attached hydrogens (tertiary/aromatic N) is 3. The van der Waals surface area contributed by atoms with Gasteiger partial charge in [0.1, 0.15) is 24.2 Å². The molecule has 1 aromatic carbocycles. The molecule has 41 heavy (non-hydrogen) atoms. The predicted molar refractivity (Wildman–Crippen MR) is 161 cm³/mol. The van der Waals surface area contributed by atoms with Crippen LogP contribution in [0.1, 0.15) is 71.7 Å². The van der Waals surface area contributed by atoms with Gasteiger partial charge >= 0.3 is 5.97 Å². The molecule has 2 aromatic heterocycles. The molecule has 0 amide bonds. The van der Waals surface area contributed by atoms with Crippen LogP contribution >= 0.6 is 0 Å². The lowest BCUT2D eigenvalue weighted by Crippen LogP contribution is -2.39. The number of carboxylic acid groups (broad SMARTS) is 1. The average molecular weight is 562 g/mol. The van der Waals surface area contributed by atoms with Crippen LogP contribution in [-0.4, -0.2) is 52.4 Å². The first-order chi connectivity index (χ1) is 19.3. The first-order valence-corrected chi connectivity index (χ1v) is 14.3. The van der Waals surface area contributed by atoms with E-state index in [9.17, 15) is 9.90 Å². The molecule has 0 saturated carbocycles. The van der Waals surface area contributed by atoms with E-state index in [1.165, 1.54) is 0 Å². The Morgan fingerprint density at radius 2 is 1.71 bits per heavy atom. The van der Waals surface area contributed by atoms with Gasteiger partial charge in [-0.05, 0) is 77.1 Å². The second-order valence-electron chi connectivity index (χ2n) is 12.6. The minimum Gasteiger partial charge on any atom is -0.488 e. The van der Waals surface area contributed by atoms with E-state index in [2.05, 4.69) is 23.7 Å². The first-order valence-electron chi connectivity index (χ1n) is 14.3. The zero-order valence-corrected chi connectivity index (χ0v) is 25.3. The molecule has 3 aromatic rings. The smallest absolute Gasteiger partial charge is 0.337 e. The summed E-state index contributed by atoms with van der Waals surface area (Å²) >= 11 is 0. The molecular weight excluding hydrogens is 518 g/mol. The van der Waals surface area contributed by atoms with Crippen LogP contribution in [0.4, 0.5) is 5.69 Å². The minimum absolute atomic E-state index is 0.147. The molecule has 1 N–H and O–H groups in total. The fraction of sp³-hybridized carbons (Fsp3) is 0.485. The highest BCUT2D eigenvalue weighted by Gasteiger charge is 2.36. The Kier molecular flexibility index (Phi) is 9.22. The van der Waals surface area contributed by atoms with Crippen molar-refractivity contribution in [2.24, 2.45) is 5.41 Å². The molecule has 4 rings (SSSR count). The first kappa shape index (κ1) is 30.3. The summed E-state index contributed by atoms with van der Waals surface area (Å²) in [6, 6.07) is 13.4. The Hall–Kier alpha value is -3.65. The third kappa shape index (κ3) is 7.97. The van der Waals surface area contributed by atoms with Crippen LogP contribution in [0.25, 0.3) is 11.3 Å². The Balaban J connectivity index is 1.65. The van der Waals surface area contributed by atoms with Gasteiger partial charge in [0.2, 0.25) is 0 Å². The molecular formula is C33H43N3O5. The summed E-state index contributed by atoms with van der Waals surface area (Å²) in [5, 5.41) is 10.3. The Labute approximate surface area is 243 Å². The third-order valence-electron chi connectivity index (χ3n) is 7.26. The molecule has 0 spiro atoms. The van der Waals surface area contributed by atoms with E-state index in [1.807, 2.05) is 77.1 Å². The van der Waals surface area contributed by atoms with E-state index in [4.69, 9.17) is 19.2 Å². The van der Waals surface area contributed by atoms with Crippen molar-refractivity contribution in [2.45, 2.75) is 79.1 Å². The van der Waals surface area contributed by atoms with Gasteiger partial charge < -0.3 is 24.2 Å². The lowest BCUT2D eigenvalue weighted by Gasteiger charge is -2.40. The molecule has 1 aliphatic heterocycles. The van der Waals surface area contributed by atoms with Crippen LogP contribution in [0, 0.1) is 12.3 Å². The quantitative estimate of drug-likeness (QED) is 0.287. The molecule has 1 saturated heterocycles. The van der Waals surface area contributed by atoms with Crippen molar-refractivity contribution in [3.8, 4) is 22.8 Å². The zero-order chi connectivity index (χ0) is 29.8. The van der Waals surface area contributed by atoms with Crippen molar-refractivity contribution in [2.75, 3.05) is 24.6 Å². The maximum Gasteiger partial charge on any atom is 0.337 e. The SMILES string of the molecule is Cc1ncc(-c2ccc(OC[C@H](C)Oc3ccccc3)cn2)c(N2CCC(C)(C)CC2)c1[C@H](OC(C)(C)C)C(=O)O. The predicted octanol–water partition coefficient (Wildman–Crippen LogP) is 6.87. The van der Waals surface area contributed by atoms with Crippen LogP contribution in [0.3, 0.4) is 0 Å². The van der Waals surface area contributed by atoms with E-state index in [0.717, 1.165) is 42.9 Å². The van der Waals surface area contributed by atoms with Crippen molar-refractivity contribution in [1.29, 1.82) is 0 Å². The monoisotopic (exact) mass is 561 g/mol. The number of hydrogen-bond acceptors (Lipinski definition) is 7. The Morgan fingerprint density at radius 1 is 1.02 bits per heavy atom. The summed E-state index contributed by atoms with van der Waals surface area (Å²) in [6.07, 6.45) is 4.16. The standard InChI is InChI=1S/C33H43N3O5/c1-22(40-24-11-9-8-10-12-24)21-39-25-13-14-27(35-19-25)26-20-34-23(2)28(30(31(37)38)41-32(3,4)5)29(26)36-17-15-33(6,7)16-18-36/h8-14,19-20,22,30H,15-18,21H2,1-7H3,(H,37,38)/t22-,30-/m0/s1. The molecule has 8 heteroatoms. The number of benzene rings is 1. The topological polar surface area (TPSA) is 94.0 Å². The lowest BCUT2D eigenvalue weighted by molar-refractivity contribution is -0.160. The summed E-state index contributed by atoms with van der Waals surface area (Å²) in [5.41, 5.74) is 3.09. The largest absolute Gasteiger partial charge is 0.488 e. The number of anilines is 1. The van der Waals surface area contributed by atoms with Crippen LogP contribution in [0.15, 0.2) is 54.9 Å². The summed E-state index contributed by atoms with van der Waals surface area (Å²) in [5.74, 6) is 0.380. The molecule has 8 nitrogen and oxygen atoms in total. The number of rotatable bonds is 10. The van der Waals surface area contributed by atoms with E-state index < -0.39 is 17.7 Å². The van der Waals surface area contributed by atoms with E-state index in [0.29, 0.717) is 29.3 Å². The molecule has 0 bridgehead atoms. The van der Waals surface area contributed by atoms with Crippen LogP contribution < -0.4 is 14.4 Å². The molecule has 3 heterocycles. The zero-order valence-electron chi connectivity index (χ0n) is 25.3. The van der Waals surface area contributed by atoms with Gasteiger partial charge in [-0.2, -0.15) is 0 Å². The molecule has 220 valence electrons.